The molecule has 1 nitrogen and oxygen atoms in total. The normalized spacial score (nSPS) is 13.3. The maximum atomic E-state index is 6.02. The summed E-state index contributed by atoms with van der Waals surface area (Å²) in [4.78, 5) is 0. The smallest absolute Gasteiger partial charge is 0.0424 e. The summed E-state index contributed by atoms with van der Waals surface area (Å²) in [7, 11) is 0. The van der Waals surface area contributed by atoms with E-state index >= 15 is 0 Å². The monoisotopic (exact) mass is 231 g/mol. The Bertz CT molecular complexity index is 290. The highest BCUT2D eigenvalue weighted by Crippen LogP contribution is 2.25. The van der Waals surface area contributed by atoms with E-state index < -0.39 is 0 Å². The molecule has 78 valence electrons. The predicted molar refractivity (Wildman–Crippen MR) is 62.8 cm³/mol. The lowest BCUT2D eigenvalue weighted by Gasteiger charge is -2.14. The number of halogens is 2. The third-order valence-electron chi connectivity index (χ3n) is 2.04. The Morgan fingerprint density at radius 3 is 2.07 bits per heavy atom. The van der Waals surface area contributed by atoms with Crippen molar-refractivity contribution in [1.82, 2.24) is 0 Å². The molecule has 0 bridgehead atoms. The van der Waals surface area contributed by atoms with Crippen molar-refractivity contribution in [3.8, 4) is 0 Å². The molecule has 2 N–H and O–H groups in total. The Morgan fingerprint density at radius 2 is 1.64 bits per heavy atom. The van der Waals surface area contributed by atoms with Gasteiger partial charge in [-0.05, 0) is 36.1 Å². The van der Waals surface area contributed by atoms with Crippen molar-refractivity contribution in [3.05, 3.63) is 33.8 Å². The van der Waals surface area contributed by atoms with Gasteiger partial charge < -0.3 is 5.73 Å². The molecule has 0 aliphatic rings. The summed E-state index contributed by atoms with van der Waals surface area (Å²) in [5, 5.41) is 1.29. The second kappa shape index (κ2) is 5.01. The number of hydrogen-bond donors (Lipinski definition) is 1. The first-order valence-corrected chi connectivity index (χ1v) is 5.46. The van der Waals surface area contributed by atoms with E-state index in [1.54, 1.807) is 6.07 Å². The van der Waals surface area contributed by atoms with Crippen LogP contribution in [-0.4, -0.2) is 0 Å². The molecule has 0 saturated carbocycles. The van der Waals surface area contributed by atoms with Crippen molar-refractivity contribution in [2.75, 3.05) is 0 Å². The summed E-state index contributed by atoms with van der Waals surface area (Å²) >= 11 is 11.8. The maximum absolute atomic E-state index is 6.02. The summed E-state index contributed by atoms with van der Waals surface area (Å²) < 4.78 is 0. The average Bonchev–Trinajstić information content (AvgIpc) is 2.00. The Hall–Kier alpha value is -0.240. The van der Waals surface area contributed by atoms with Crippen molar-refractivity contribution < 1.29 is 0 Å². The highest BCUT2D eigenvalue weighted by atomic mass is 35.5. The van der Waals surface area contributed by atoms with Gasteiger partial charge in [-0.15, -0.1) is 0 Å². The molecule has 1 atom stereocenters. The first kappa shape index (κ1) is 11.8. The molecular weight excluding hydrogens is 217 g/mol. The summed E-state index contributed by atoms with van der Waals surface area (Å²) in [6.07, 6.45) is 0.941. The van der Waals surface area contributed by atoms with Crippen LogP contribution in [0.15, 0.2) is 18.2 Å². The van der Waals surface area contributed by atoms with E-state index in [-0.39, 0.29) is 6.04 Å². The molecule has 0 fully saturated rings. The third-order valence-corrected chi connectivity index (χ3v) is 2.47. The minimum atomic E-state index is 0.0196. The molecule has 3 heteroatoms. The van der Waals surface area contributed by atoms with Gasteiger partial charge in [-0.1, -0.05) is 37.0 Å². The van der Waals surface area contributed by atoms with Gasteiger partial charge in [-0.25, -0.2) is 0 Å². The van der Waals surface area contributed by atoms with Crippen molar-refractivity contribution in [3.63, 3.8) is 0 Å². The number of benzene rings is 1. The van der Waals surface area contributed by atoms with Crippen LogP contribution < -0.4 is 5.73 Å². The zero-order chi connectivity index (χ0) is 10.7. The molecule has 1 aromatic carbocycles. The molecule has 0 aliphatic carbocycles. The van der Waals surface area contributed by atoms with Crippen LogP contribution in [0.3, 0.4) is 0 Å². The quantitative estimate of drug-likeness (QED) is 0.836. The SMILES string of the molecule is CC(C)C[C@H](N)c1cc(Cl)cc(Cl)c1. The highest BCUT2D eigenvalue weighted by molar-refractivity contribution is 6.34. The van der Waals surface area contributed by atoms with Crippen LogP contribution in [0, 0.1) is 5.92 Å². The molecule has 0 saturated heterocycles. The Balaban J connectivity index is 2.84. The van der Waals surface area contributed by atoms with Crippen LogP contribution in [0.2, 0.25) is 10.0 Å². The van der Waals surface area contributed by atoms with Crippen molar-refractivity contribution in [1.29, 1.82) is 0 Å². The number of hydrogen-bond acceptors (Lipinski definition) is 1. The lowest BCUT2D eigenvalue weighted by Crippen LogP contribution is -2.12. The highest BCUT2D eigenvalue weighted by Gasteiger charge is 2.09. The Kier molecular flexibility index (Phi) is 4.24. The van der Waals surface area contributed by atoms with Crippen LogP contribution in [0.5, 0.6) is 0 Å². The molecule has 14 heavy (non-hydrogen) atoms. The molecule has 0 aromatic heterocycles. The molecule has 1 rings (SSSR count). The molecule has 0 spiro atoms. The third kappa shape index (κ3) is 3.49. The van der Waals surface area contributed by atoms with Gasteiger partial charge in [-0.3, -0.25) is 0 Å². The van der Waals surface area contributed by atoms with Crippen LogP contribution in [0.1, 0.15) is 31.9 Å². The average molecular weight is 232 g/mol. The van der Waals surface area contributed by atoms with E-state index in [4.69, 9.17) is 28.9 Å². The molecular formula is C11H15Cl2N. The molecule has 0 heterocycles. The van der Waals surface area contributed by atoms with Crippen molar-refractivity contribution in [2.24, 2.45) is 11.7 Å². The molecule has 0 radical (unpaired) electrons. The molecule has 0 aliphatic heterocycles. The fourth-order valence-electron chi connectivity index (χ4n) is 1.43. The maximum Gasteiger partial charge on any atom is 0.0424 e. The summed E-state index contributed by atoms with van der Waals surface area (Å²) in [5.41, 5.74) is 7.03. The first-order valence-electron chi connectivity index (χ1n) is 4.70. The zero-order valence-electron chi connectivity index (χ0n) is 8.43. The van der Waals surface area contributed by atoms with Gasteiger partial charge in [0.05, 0.1) is 0 Å². The van der Waals surface area contributed by atoms with E-state index in [1.807, 2.05) is 12.1 Å². The first-order chi connectivity index (χ1) is 6.49. The van der Waals surface area contributed by atoms with Gasteiger partial charge in [0.25, 0.3) is 0 Å². The van der Waals surface area contributed by atoms with E-state index in [0.717, 1.165) is 12.0 Å². The van der Waals surface area contributed by atoms with Crippen LogP contribution in [0.4, 0.5) is 0 Å². The van der Waals surface area contributed by atoms with Crippen molar-refractivity contribution >= 4 is 23.2 Å². The fourth-order valence-corrected chi connectivity index (χ4v) is 1.98. The van der Waals surface area contributed by atoms with Gasteiger partial charge >= 0.3 is 0 Å². The van der Waals surface area contributed by atoms with Crippen molar-refractivity contribution in [2.45, 2.75) is 26.3 Å². The molecule has 0 unspecified atom stereocenters. The lowest BCUT2D eigenvalue weighted by atomic mass is 9.98. The second-order valence-corrected chi connectivity index (χ2v) is 4.81. The van der Waals surface area contributed by atoms with E-state index in [2.05, 4.69) is 13.8 Å². The van der Waals surface area contributed by atoms with Gasteiger partial charge in [0.15, 0.2) is 0 Å². The van der Waals surface area contributed by atoms with E-state index in [0.29, 0.717) is 16.0 Å². The van der Waals surface area contributed by atoms with Crippen LogP contribution in [-0.2, 0) is 0 Å². The van der Waals surface area contributed by atoms with Gasteiger partial charge in [0.2, 0.25) is 0 Å². The van der Waals surface area contributed by atoms with Gasteiger partial charge in [0, 0.05) is 16.1 Å². The van der Waals surface area contributed by atoms with Crippen LogP contribution in [0.25, 0.3) is 0 Å². The lowest BCUT2D eigenvalue weighted by molar-refractivity contribution is 0.510. The largest absolute Gasteiger partial charge is 0.324 e. The predicted octanol–water partition coefficient (Wildman–Crippen LogP) is 4.04. The number of rotatable bonds is 3. The van der Waals surface area contributed by atoms with Crippen LogP contribution >= 0.6 is 23.2 Å². The zero-order valence-corrected chi connectivity index (χ0v) is 9.94. The van der Waals surface area contributed by atoms with Gasteiger partial charge in [0.1, 0.15) is 0 Å². The fraction of sp³-hybridized carbons (Fsp3) is 0.455. The summed E-state index contributed by atoms with van der Waals surface area (Å²) in [6.45, 7) is 4.29. The van der Waals surface area contributed by atoms with Gasteiger partial charge in [-0.2, -0.15) is 0 Å². The van der Waals surface area contributed by atoms with E-state index in [1.165, 1.54) is 0 Å². The molecule has 1 aromatic rings. The standard InChI is InChI=1S/C11H15Cl2N/c1-7(2)3-11(14)8-4-9(12)6-10(13)5-8/h4-7,11H,3,14H2,1-2H3/t11-/m0/s1. The molecule has 0 amide bonds. The van der Waals surface area contributed by atoms with E-state index in [9.17, 15) is 0 Å². The minimum Gasteiger partial charge on any atom is -0.324 e. The number of nitrogens with two attached hydrogens (primary N) is 1. The minimum absolute atomic E-state index is 0.0196. The second-order valence-electron chi connectivity index (χ2n) is 3.94. The summed E-state index contributed by atoms with van der Waals surface area (Å²) in [6, 6.07) is 5.49. The Morgan fingerprint density at radius 1 is 1.14 bits per heavy atom. The Labute approximate surface area is 95.2 Å². The summed E-state index contributed by atoms with van der Waals surface area (Å²) in [5.74, 6) is 0.572. The topological polar surface area (TPSA) is 26.0 Å².